The highest BCUT2D eigenvalue weighted by Gasteiger charge is 2.20. The van der Waals surface area contributed by atoms with Gasteiger partial charge in [-0.3, -0.25) is 9.89 Å². The molecular formula is C21H36N4O2. The van der Waals surface area contributed by atoms with E-state index in [1.807, 2.05) is 38.1 Å². The maximum absolute atomic E-state index is 5.90. The molecule has 1 fully saturated rings. The molecule has 2 N–H and O–H groups in total. The summed E-state index contributed by atoms with van der Waals surface area (Å²) in [6.45, 7) is 16.0. The van der Waals surface area contributed by atoms with Gasteiger partial charge in [-0.25, -0.2) is 0 Å². The molecule has 152 valence electrons. The third-order valence-electron chi connectivity index (χ3n) is 4.13. The largest absolute Gasteiger partial charge is 0.491 e. The van der Waals surface area contributed by atoms with Gasteiger partial charge >= 0.3 is 0 Å². The summed E-state index contributed by atoms with van der Waals surface area (Å²) in [6, 6.07) is 7.96. The van der Waals surface area contributed by atoms with E-state index in [0.29, 0.717) is 12.5 Å². The van der Waals surface area contributed by atoms with E-state index in [-0.39, 0.29) is 12.2 Å². The molecule has 0 radical (unpaired) electrons. The van der Waals surface area contributed by atoms with Crippen molar-refractivity contribution in [3.63, 3.8) is 0 Å². The van der Waals surface area contributed by atoms with Gasteiger partial charge < -0.3 is 20.1 Å². The maximum atomic E-state index is 5.90. The molecule has 0 spiro atoms. The summed E-state index contributed by atoms with van der Waals surface area (Å²) in [6.07, 6.45) is 0.322. The van der Waals surface area contributed by atoms with E-state index >= 15 is 0 Å². The first kappa shape index (κ1) is 21.5. The Kier molecular flexibility index (Phi) is 8.88. The van der Waals surface area contributed by atoms with Crippen molar-refractivity contribution >= 4 is 11.6 Å². The summed E-state index contributed by atoms with van der Waals surface area (Å²) < 4.78 is 11.6. The van der Waals surface area contributed by atoms with Gasteiger partial charge in [-0.15, -0.1) is 0 Å². The average molecular weight is 377 g/mol. The monoisotopic (exact) mass is 376 g/mol. The molecule has 1 heterocycles. The summed E-state index contributed by atoms with van der Waals surface area (Å²) in [7, 11) is 0. The maximum Gasteiger partial charge on any atom is 0.195 e. The predicted molar refractivity (Wildman–Crippen MR) is 113 cm³/mol. The molecule has 0 aromatic heterocycles. The van der Waals surface area contributed by atoms with Crippen molar-refractivity contribution in [1.82, 2.24) is 10.2 Å². The van der Waals surface area contributed by atoms with E-state index in [2.05, 4.69) is 36.3 Å². The number of nitrogens with zero attached hydrogens (tertiary/aromatic N) is 2. The zero-order chi connectivity index (χ0) is 19.6. The normalized spacial score (nSPS) is 18.8. The number of rotatable bonds is 8. The molecule has 27 heavy (non-hydrogen) atoms. The molecule has 0 aliphatic carbocycles. The van der Waals surface area contributed by atoms with Crippen LogP contribution in [0.4, 0.5) is 5.69 Å². The highest BCUT2D eigenvalue weighted by Crippen LogP contribution is 2.17. The van der Waals surface area contributed by atoms with E-state index in [9.17, 15) is 0 Å². The van der Waals surface area contributed by atoms with Gasteiger partial charge in [0.1, 0.15) is 5.75 Å². The van der Waals surface area contributed by atoms with Crippen molar-refractivity contribution in [2.24, 2.45) is 10.9 Å². The highest BCUT2D eigenvalue weighted by atomic mass is 16.5. The lowest BCUT2D eigenvalue weighted by molar-refractivity contribution is -0.0261. The second kappa shape index (κ2) is 11.1. The average Bonchev–Trinajstić information content (AvgIpc) is 2.61. The summed E-state index contributed by atoms with van der Waals surface area (Å²) in [4.78, 5) is 7.20. The summed E-state index contributed by atoms with van der Waals surface area (Å²) in [5.41, 5.74) is 0.983. The first-order valence-electron chi connectivity index (χ1n) is 10.1. The standard InChI is InChI=1S/C21H36N4O2/c1-6-22-21(24-18-7-9-19(10-8-18)27-17(4)5)23-13-20-15-25(11-12-26-20)14-16(2)3/h7-10,16-17,20H,6,11-15H2,1-5H3,(H2,22,23,24). The zero-order valence-corrected chi connectivity index (χ0v) is 17.5. The number of aliphatic imine (C=N–C) groups is 1. The van der Waals surface area contributed by atoms with Crippen LogP contribution in [0.3, 0.4) is 0 Å². The Morgan fingerprint density at radius 1 is 1.26 bits per heavy atom. The number of guanidine groups is 1. The molecule has 0 saturated carbocycles. The molecule has 1 atom stereocenters. The Morgan fingerprint density at radius 3 is 2.63 bits per heavy atom. The molecule has 1 aromatic rings. The van der Waals surface area contributed by atoms with Crippen molar-refractivity contribution in [2.75, 3.05) is 44.6 Å². The molecule has 0 amide bonds. The predicted octanol–water partition coefficient (Wildman–Crippen LogP) is 3.21. The number of nitrogens with one attached hydrogen (secondary N) is 2. The molecule has 6 nitrogen and oxygen atoms in total. The lowest BCUT2D eigenvalue weighted by Crippen LogP contribution is -2.45. The van der Waals surface area contributed by atoms with Crippen LogP contribution in [0.1, 0.15) is 34.6 Å². The SMILES string of the molecule is CCNC(=NCC1CN(CC(C)C)CCO1)Nc1ccc(OC(C)C)cc1. The number of hydrogen-bond acceptors (Lipinski definition) is 4. The number of morpholine rings is 1. The molecule has 2 rings (SSSR count). The van der Waals surface area contributed by atoms with Crippen LogP contribution in [-0.4, -0.2) is 62.4 Å². The van der Waals surface area contributed by atoms with Gasteiger partial charge in [0.25, 0.3) is 0 Å². The third kappa shape index (κ3) is 8.18. The van der Waals surface area contributed by atoms with Crippen LogP contribution in [0, 0.1) is 5.92 Å². The van der Waals surface area contributed by atoms with E-state index in [0.717, 1.165) is 50.2 Å². The molecule has 1 unspecified atom stereocenters. The molecular weight excluding hydrogens is 340 g/mol. The minimum atomic E-state index is 0.148. The zero-order valence-electron chi connectivity index (χ0n) is 17.5. The fourth-order valence-electron chi connectivity index (χ4n) is 3.10. The summed E-state index contributed by atoms with van der Waals surface area (Å²) >= 11 is 0. The fraction of sp³-hybridized carbons (Fsp3) is 0.667. The first-order valence-corrected chi connectivity index (χ1v) is 10.1. The molecule has 1 aliphatic rings. The Hall–Kier alpha value is -1.79. The molecule has 6 heteroatoms. The van der Waals surface area contributed by atoms with Gasteiger partial charge in [-0.05, 0) is 51.0 Å². The van der Waals surface area contributed by atoms with Gasteiger partial charge in [0, 0.05) is 31.9 Å². The Labute approximate surface area is 164 Å². The molecule has 1 aromatic carbocycles. The topological polar surface area (TPSA) is 58.1 Å². The lowest BCUT2D eigenvalue weighted by atomic mass is 10.2. The smallest absolute Gasteiger partial charge is 0.195 e. The third-order valence-corrected chi connectivity index (χ3v) is 4.13. The van der Waals surface area contributed by atoms with Gasteiger partial charge in [-0.1, -0.05) is 13.8 Å². The van der Waals surface area contributed by atoms with Crippen LogP contribution in [0.15, 0.2) is 29.3 Å². The molecule has 0 bridgehead atoms. The number of anilines is 1. The van der Waals surface area contributed by atoms with E-state index in [4.69, 9.17) is 14.5 Å². The van der Waals surface area contributed by atoms with Crippen molar-refractivity contribution in [1.29, 1.82) is 0 Å². The van der Waals surface area contributed by atoms with Gasteiger partial charge in [0.15, 0.2) is 5.96 Å². The second-order valence-corrected chi connectivity index (χ2v) is 7.68. The van der Waals surface area contributed by atoms with E-state index < -0.39 is 0 Å². The molecule has 1 saturated heterocycles. The highest BCUT2D eigenvalue weighted by molar-refractivity contribution is 5.93. The number of hydrogen-bond donors (Lipinski definition) is 2. The minimum absolute atomic E-state index is 0.148. The van der Waals surface area contributed by atoms with Crippen molar-refractivity contribution in [3.05, 3.63) is 24.3 Å². The van der Waals surface area contributed by atoms with E-state index in [1.165, 1.54) is 0 Å². The Bertz CT molecular complexity index is 572. The van der Waals surface area contributed by atoms with Crippen molar-refractivity contribution in [2.45, 2.75) is 46.8 Å². The van der Waals surface area contributed by atoms with Gasteiger partial charge in [-0.2, -0.15) is 0 Å². The van der Waals surface area contributed by atoms with Crippen LogP contribution in [0.2, 0.25) is 0 Å². The second-order valence-electron chi connectivity index (χ2n) is 7.68. The van der Waals surface area contributed by atoms with Crippen LogP contribution >= 0.6 is 0 Å². The minimum Gasteiger partial charge on any atom is -0.491 e. The van der Waals surface area contributed by atoms with Crippen molar-refractivity contribution < 1.29 is 9.47 Å². The number of benzene rings is 1. The Morgan fingerprint density at radius 2 is 2.00 bits per heavy atom. The molecule has 1 aliphatic heterocycles. The van der Waals surface area contributed by atoms with Crippen LogP contribution in [0.5, 0.6) is 5.75 Å². The van der Waals surface area contributed by atoms with Gasteiger partial charge in [0.05, 0.1) is 25.4 Å². The van der Waals surface area contributed by atoms with Crippen LogP contribution in [0.25, 0.3) is 0 Å². The summed E-state index contributed by atoms with van der Waals surface area (Å²) in [5.74, 6) is 2.33. The fourth-order valence-corrected chi connectivity index (χ4v) is 3.10. The van der Waals surface area contributed by atoms with E-state index in [1.54, 1.807) is 0 Å². The van der Waals surface area contributed by atoms with Crippen LogP contribution < -0.4 is 15.4 Å². The Balaban J connectivity index is 1.91. The first-order chi connectivity index (χ1) is 13.0. The quantitative estimate of drug-likeness (QED) is 0.539. The lowest BCUT2D eigenvalue weighted by Gasteiger charge is -2.33. The van der Waals surface area contributed by atoms with Gasteiger partial charge in [0.2, 0.25) is 0 Å². The van der Waals surface area contributed by atoms with Crippen LogP contribution in [-0.2, 0) is 4.74 Å². The van der Waals surface area contributed by atoms with Crippen molar-refractivity contribution in [3.8, 4) is 5.75 Å². The number of ether oxygens (including phenoxy) is 2. The summed E-state index contributed by atoms with van der Waals surface area (Å²) in [5, 5.41) is 6.66.